The topological polar surface area (TPSA) is 81.7 Å². The van der Waals surface area contributed by atoms with E-state index in [0.29, 0.717) is 44.8 Å². The number of halogens is 1. The third kappa shape index (κ3) is 5.08. The zero-order valence-electron chi connectivity index (χ0n) is 22.7. The molecule has 7 nitrogen and oxygen atoms in total. The number of ether oxygens (including phenoxy) is 1. The average Bonchev–Trinajstić information content (AvgIpc) is 3.35. The molecule has 2 atom stereocenters. The highest BCUT2D eigenvalue weighted by Crippen LogP contribution is 2.51. The number of imidazole rings is 1. The van der Waals surface area contributed by atoms with Gasteiger partial charge in [0, 0.05) is 31.9 Å². The minimum atomic E-state index is -0.857. The van der Waals surface area contributed by atoms with E-state index < -0.39 is 5.41 Å². The van der Waals surface area contributed by atoms with Crippen LogP contribution in [-0.2, 0) is 17.8 Å². The lowest BCUT2D eigenvalue weighted by atomic mass is 9.68. The number of carbonyl (C=O) groups is 1. The maximum atomic E-state index is 14.4. The highest BCUT2D eigenvalue weighted by Gasteiger charge is 2.50. The van der Waals surface area contributed by atoms with E-state index in [-0.39, 0.29) is 29.3 Å². The van der Waals surface area contributed by atoms with Gasteiger partial charge in [-0.05, 0) is 81.1 Å². The Balaban J connectivity index is 1.65. The summed E-state index contributed by atoms with van der Waals surface area (Å²) in [5.41, 5.74) is 2.99. The van der Waals surface area contributed by atoms with Crippen molar-refractivity contribution in [2.24, 2.45) is 5.41 Å². The number of aromatic nitrogens is 2. The number of rotatable bonds is 8. The van der Waals surface area contributed by atoms with Crippen LogP contribution in [0.5, 0.6) is 17.2 Å². The van der Waals surface area contributed by atoms with E-state index in [0.717, 1.165) is 22.5 Å². The van der Waals surface area contributed by atoms with Crippen molar-refractivity contribution in [1.29, 1.82) is 0 Å². The van der Waals surface area contributed by atoms with Gasteiger partial charge in [-0.2, -0.15) is 0 Å². The molecule has 8 heteroatoms. The van der Waals surface area contributed by atoms with Crippen molar-refractivity contribution in [1.82, 2.24) is 19.8 Å². The fourth-order valence-electron chi connectivity index (χ4n) is 5.83. The Morgan fingerprint density at radius 3 is 2.64 bits per heavy atom. The van der Waals surface area contributed by atoms with Gasteiger partial charge in [0.25, 0.3) is 0 Å². The fourth-order valence-corrected chi connectivity index (χ4v) is 5.83. The molecular formula is C31H35FN4O3. The molecule has 3 aromatic rings. The van der Waals surface area contributed by atoms with E-state index in [9.17, 15) is 14.3 Å². The molecule has 2 aliphatic rings. The van der Waals surface area contributed by atoms with Gasteiger partial charge in [0.05, 0.1) is 23.5 Å². The smallest absolute Gasteiger partial charge is 0.234 e. The number of phenols is 1. The molecule has 2 heterocycles. The molecule has 2 aromatic carbocycles. The Morgan fingerprint density at radius 1 is 1.23 bits per heavy atom. The number of hydrogen-bond donors (Lipinski definition) is 2. The zero-order chi connectivity index (χ0) is 27.6. The first-order chi connectivity index (χ1) is 18.9. The van der Waals surface area contributed by atoms with Crippen molar-refractivity contribution in [3.63, 3.8) is 0 Å². The van der Waals surface area contributed by atoms with Crippen molar-refractivity contribution < 1.29 is 19.0 Å². The second-order valence-electron chi connectivity index (χ2n) is 10.2. The van der Waals surface area contributed by atoms with Gasteiger partial charge in [-0.3, -0.25) is 9.69 Å². The number of aryl methyl sites for hydroxylation is 1. The second kappa shape index (κ2) is 11.1. The number of allylic oxidation sites excluding steroid dienone is 3. The van der Waals surface area contributed by atoms with E-state index >= 15 is 0 Å². The van der Waals surface area contributed by atoms with Crippen LogP contribution in [0.2, 0.25) is 0 Å². The van der Waals surface area contributed by atoms with Gasteiger partial charge in [-0.25, -0.2) is 9.37 Å². The summed E-state index contributed by atoms with van der Waals surface area (Å²) in [5.74, 6) is 0.400. The van der Waals surface area contributed by atoms with Crippen LogP contribution in [0.25, 0.3) is 0 Å². The third-order valence-corrected chi connectivity index (χ3v) is 7.91. The summed E-state index contributed by atoms with van der Waals surface area (Å²) >= 11 is 0. The molecule has 1 amide bonds. The predicted octanol–water partition coefficient (Wildman–Crippen LogP) is 5.83. The molecule has 204 valence electrons. The van der Waals surface area contributed by atoms with Gasteiger partial charge in [-0.15, -0.1) is 0 Å². The molecule has 1 aromatic heterocycles. The molecule has 0 fully saturated rings. The second-order valence-corrected chi connectivity index (χ2v) is 10.2. The van der Waals surface area contributed by atoms with Gasteiger partial charge < -0.3 is 19.7 Å². The van der Waals surface area contributed by atoms with Gasteiger partial charge in [0.15, 0.2) is 11.5 Å². The molecule has 2 unspecified atom stereocenters. The van der Waals surface area contributed by atoms with Crippen molar-refractivity contribution in [3.05, 3.63) is 95.4 Å². The lowest BCUT2D eigenvalue weighted by molar-refractivity contribution is -0.143. The molecule has 1 aliphatic heterocycles. The zero-order valence-corrected chi connectivity index (χ0v) is 22.7. The van der Waals surface area contributed by atoms with Crippen LogP contribution in [0.15, 0.2) is 67.0 Å². The van der Waals surface area contributed by atoms with E-state index in [1.807, 2.05) is 50.0 Å². The summed E-state index contributed by atoms with van der Waals surface area (Å²) in [6.45, 7) is 8.50. The predicted molar refractivity (Wildman–Crippen MR) is 148 cm³/mol. The molecule has 0 spiro atoms. The molecule has 0 saturated carbocycles. The van der Waals surface area contributed by atoms with Crippen LogP contribution in [0.4, 0.5) is 4.39 Å². The first-order valence-corrected chi connectivity index (χ1v) is 13.5. The number of nitrogens with one attached hydrogen (secondary N) is 1. The molecule has 1 aliphatic carbocycles. The van der Waals surface area contributed by atoms with Crippen LogP contribution in [0, 0.1) is 18.2 Å². The molecule has 2 N–H and O–H groups in total. The number of carbonyl (C=O) groups excluding carboxylic acids is 1. The van der Waals surface area contributed by atoms with Gasteiger partial charge in [0.2, 0.25) is 5.91 Å². The maximum absolute atomic E-state index is 14.4. The van der Waals surface area contributed by atoms with E-state index in [4.69, 9.17) is 4.74 Å². The number of aromatic hydroxyl groups is 1. The summed E-state index contributed by atoms with van der Waals surface area (Å²) in [4.78, 5) is 26.3. The number of phenolic OH excluding ortho intramolecular Hbond substituents is 1. The Kier molecular flexibility index (Phi) is 7.57. The average molecular weight is 531 g/mol. The van der Waals surface area contributed by atoms with E-state index in [1.54, 1.807) is 12.4 Å². The van der Waals surface area contributed by atoms with E-state index in [1.165, 1.54) is 24.3 Å². The van der Waals surface area contributed by atoms with Gasteiger partial charge in [-0.1, -0.05) is 24.3 Å². The molecule has 0 bridgehead atoms. The Labute approximate surface area is 228 Å². The number of nitrogens with zero attached hydrogens (tertiary/aromatic N) is 3. The summed E-state index contributed by atoms with van der Waals surface area (Å²) in [6, 6.07) is 8.96. The Bertz CT molecular complexity index is 1390. The van der Waals surface area contributed by atoms with Crippen molar-refractivity contribution in [2.45, 2.75) is 46.2 Å². The summed E-state index contributed by atoms with van der Waals surface area (Å²) < 4.78 is 19.5. The minimum Gasteiger partial charge on any atom is -0.504 e. The molecule has 0 saturated heterocycles. The van der Waals surface area contributed by atoms with Crippen LogP contribution >= 0.6 is 0 Å². The number of amides is 1. The maximum Gasteiger partial charge on any atom is 0.234 e. The van der Waals surface area contributed by atoms with Crippen LogP contribution in [0.1, 0.15) is 48.8 Å². The third-order valence-electron chi connectivity index (χ3n) is 7.91. The number of aromatic amines is 1. The fraction of sp³-hybridized carbons (Fsp3) is 0.355. The molecule has 5 rings (SSSR count). The Hall–Kier alpha value is -3.91. The van der Waals surface area contributed by atoms with Gasteiger partial charge in [0.1, 0.15) is 11.6 Å². The van der Waals surface area contributed by atoms with E-state index in [2.05, 4.69) is 20.9 Å². The lowest BCUT2D eigenvalue weighted by Crippen LogP contribution is -2.53. The summed E-state index contributed by atoms with van der Waals surface area (Å²) in [5, 5.41) is 10.9. The summed E-state index contributed by atoms with van der Waals surface area (Å²) in [6.07, 6.45) is 11.0. The normalized spacial score (nSPS) is 20.6. The summed E-state index contributed by atoms with van der Waals surface area (Å²) in [7, 11) is 0. The highest BCUT2D eigenvalue weighted by atomic mass is 19.1. The highest BCUT2D eigenvalue weighted by molar-refractivity contribution is 5.87. The number of H-pyrrole nitrogens is 1. The standard InChI is InChI=1S/C31H35FN4O3/c1-4-35(5-2)30(38)31(14-7-6-8-15-31)29-25-18-28(39-24-11-9-23(32)10-12-24)27(37)17-22(25)13-16-36(29)19-26-21(3)33-20-34-26/h6-12,14,17-18,20,29,37H,4-5,13,15-16,19H2,1-3H3,(H,33,34). The monoisotopic (exact) mass is 530 g/mol. The van der Waals surface area contributed by atoms with Crippen molar-refractivity contribution in [2.75, 3.05) is 19.6 Å². The number of hydrogen-bond acceptors (Lipinski definition) is 5. The lowest BCUT2D eigenvalue weighted by Gasteiger charge is -2.48. The first kappa shape index (κ1) is 26.7. The number of fused-ring (bicyclic) bond motifs is 1. The van der Waals surface area contributed by atoms with Crippen molar-refractivity contribution >= 4 is 5.91 Å². The van der Waals surface area contributed by atoms with Gasteiger partial charge >= 0.3 is 0 Å². The van der Waals surface area contributed by atoms with Crippen LogP contribution < -0.4 is 4.74 Å². The quantitative estimate of drug-likeness (QED) is 0.383. The first-order valence-electron chi connectivity index (χ1n) is 13.5. The molecule has 0 radical (unpaired) electrons. The minimum absolute atomic E-state index is 0.0108. The number of benzene rings is 2. The van der Waals surface area contributed by atoms with Crippen LogP contribution in [-0.4, -0.2) is 50.4 Å². The molecule has 39 heavy (non-hydrogen) atoms. The van der Waals surface area contributed by atoms with Crippen molar-refractivity contribution in [3.8, 4) is 17.2 Å². The Morgan fingerprint density at radius 2 is 2.00 bits per heavy atom. The largest absolute Gasteiger partial charge is 0.504 e. The van der Waals surface area contributed by atoms with Crippen LogP contribution in [0.3, 0.4) is 0 Å². The SMILES string of the molecule is CCN(CC)C(=O)C1(C2c3cc(Oc4ccc(F)cc4)c(O)cc3CCN2Cc2nc[nH]c2C)C=CC=CC1. The molecular weight excluding hydrogens is 495 g/mol.